The van der Waals surface area contributed by atoms with Crippen molar-refractivity contribution >= 4 is 46.5 Å². The van der Waals surface area contributed by atoms with Crippen LogP contribution in [0.4, 0.5) is 5.69 Å². The Labute approximate surface area is 89.6 Å². The van der Waals surface area contributed by atoms with E-state index in [1.807, 2.05) is 0 Å². The smallest absolute Gasteiger partial charge is 0.338 e. The molecule has 1 heterocycles. The fourth-order valence-corrected chi connectivity index (χ4v) is 2.05. The first-order chi connectivity index (χ1) is 6.61. The molecule has 0 radical (unpaired) electrons. The summed E-state index contributed by atoms with van der Waals surface area (Å²) < 4.78 is 0. The summed E-state index contributed by atoms with van der Waals surface area (Å²) in [5.41, 5.74) is 0.375. The summed E-state index contributed by atoms with van der Waals surface area (Å²) in [5, 5.41) is 10.5. The maximum atomic E-state index is 10.7. The standard InChI is InChI=1S/C8H7ClN2O2S/c1-10-5-4(8(12)13)3-14-6(5)7(9)11-2/h3H,1H2,2H3,(H,12,13)/b11-7+. The third kappa shape index (κ3) is 1.83. The van der Waals surface area contributed by atoms with E-state index in [1.54, 1.807) is 0 Å². The highest BCUT2D eigenvalue weighted by Gasteiger charge is 2.18. The fraction of sp³-hybridized carbons (Fsp3) is 0.125. The van der Waals surface area contributed by atoms with Crippen molar-refractivity contribution in [1.29, 1.82) is 0 Å². The fourth-order valence-electron chi connectivity index (χ4n) is 0.908. The predicted molar refractivity (Wildman–Crippen MR) is 58.8 cm³/mol. The van der Waals surface area contributed by atoms with Gasteiger partial charge in [-0.25, -0.2) is 4.79 Å². The summed E-state index contributed by atoms with van der Waals surface area (Å²) in [6, 6.07) is 0. The van der Waals surface area contributed by atoms with Gasteiger partial charge in [-0.05, 0) is 6.72 Å². The topological polar surface area (TPSA) is 62.0 Å². The van der Waals surface area contributed by atoms with Crippen molar-refractivity contribution in [2.75, 3.05) is 7.05 Å². The van der Waals surface area contributed by atoms with Crippen LogP contribution < -0.4 is 0 Å². The number of hydrogen-bond donors (Lipinski definition) is 1. The van der Waals surface area contributed by atoms with Crippen molar-refractivity contribution in [3.8, 4) is 0 Å². The average molecular weight is 231 g/mol. The van der Waals surface area contributed by atoms with Crippen LogP contribution >= 0.6 is 22.9 Å². The van der Waals surface area contributed by atoms with Gasteiger partial charge in [-0.15, -0.1) is 11.3 Å². The van der Waals surface area contributed by atoms with E-state index >= 15 is 0 Å². The molecular formula is C8H7ClN2O2S. The molecule has 1 rings (SSSR count). The minimum absolute atomic E-state index is 0.0989. The lowest BCUT2D eigenvalue weighted by Gasteiger charge is -1.96. The van der Waals surface area contributed by atoms with Crippen LogP contribution in [0.2, 0.25) is 0 Å². The Balaban J connectivity index is 3.34. The molecule has 14 heavy (non-hydrogen) atoms. The van der Waals surface area contributed by atoms with E-state index in [1.165, 1.54) is 23.8 Å². The van der Waals surface area contributed by atoms with Crippen LogP contribution in [0.15, 0.2) is 15.4 Å². The Hall–Kier alpha value is -1.20. The molecule has 0 aliphatic heterocycles. The van der Waals surface area contributed by atoms with Crippen LogP contribution in [0.25, 0.3) is 0 Å². The molecule has 6 heteroatoms. The SMILES string of the molecule is C=Nc1c(C(=O)O)csc1/C(Cl)=N\C. The number of carboxylic acid groups (broad SMARTS) is 1. The Morgan fingerprint density at radius 3 is 2.79 bits per heavy atom. The van der Waals surface area contributed by atoms with Gasteiger partial charge in [0.25, 0.3) is 0 Å². The molecule has 1 aromatic rings. The molecule has 0 fully saturated rings. The molecule has 4 nitrogen and oxygen atoms in total. The Morgan fingerprint density at radius 2 is 2.36 bits per heavy atom. The molecule has 0 saturated heterocycles. The molecule has 0 aliphatic carbocycles. The van der Waals surface area contributed by atoms with E-state index in [0.717, 1.165) is 0 Å². The maximum Gasteiger partial charge on any atom is 0.338 e. The highest BCUT2D eigenvalue weighted by atomic mass is 35.5. The second-order valence-corrected chi connectivity index (χ2v) is 3.54. The third-order valence-electron chi connectivity index (χ3n) is 1.54. The van der Waals surface area contributed by atoms with Crippen LogP contribution in [0.3, 0.4) is 0 Å². The van der Waals surface area contributed by atoms with E-state index in [0.29, 0.717) is 4.88 Å². The largest absolute Gasteiger partial charge is 0.478 e. The van der Waals surface area contributed by atoms with Gasteiger partial charge in [-0.3, -0.25) is 9.98 Å². The van der Waals surface area contributed by atoms with Crippen molar-refractivity contribution in [3.63, 3.8) is 0 Å². The first-order valence-corrected chi connectivity index (χ1v) is 4.81. The summed E-state index contributed by atoms with van der Waals surface area (Å²) in [4.78, 5) is 18.7. The van der Waals surface area contributed by atoms with Crippen molar-refractivity contribution in [3.05, 3.63) is 15.8 Å². The number of carboxylic acids is 1. The minimum atomic E-state index is -1.05. The van der Waals surface area contributed by atoms with E-state index in [4.69, 9.17) is 16.7 Å². The number of carbonyl (C=O) groups is 1. The lowest BCUT2D eigenvalue weighted by molar-refractivity contribution is 0.0698. The third-order valence-corrected chi connectivity index (χ3v) is 2.98. The van der Waals surface area contributed by atoms with Crippen molar-refractivity contribution < 1.29 is 9.90 Å². The predicted octanol–water partition coefficient (Wildman–Crippen LogP) is 2.39. The summed E-state index contributed by atoms with van der Waals surface area (Å²) >= 11 is 6.96. The van der Waals surface area contributed by atoms with Gasteiger partial charge in [0.15, 0.2) is 0 Å². The number of halogens is 1. The molecule has 1 N–H and O–H groups in total. The monoisotopic (exact) mass is 230 g/mol. The normalized spacial score (nSPS) is 11.4. The molecular weight excluding hydrogens is 224 g/mol. The average Bonchev–Trinajstić information content (AvgIpc) is 2.59. The Morgan fingerprint density at radius 1 is 1.71 bits per heavy atom. The van der Waals surface area contributed by atoms with Gasteiger partial charge in [-0.1, -0.05) is 11.6 Å². The highest BCUT2D eigenvalue weighted by Crippen LogP contribution is 2.32. The molecule has 0 aliphatic rings. The summed E-state index contributed by atoms with van der Waals surface area (Å²) in [6.45, 7) is 3.30. The molecule has 0 unspecified atom stereocenters. The van der Waals surface area contributed by atoms with Crippen LogP contribution in [0, 0.1) is 0 Å². The molecule has 0 atom stereocenters. The number of rotatable bonds is 3. The maximum absolute atomic E-state index is 10.7. The Kier molecular flexibility index (Phi) is 3.38. The van der Waals surface area contributed by atoms with E-state index in [-0.39, 0.29) is 16.4 Å². The second kappa shape index (κ2) is 4.34. The van der Waals surface area contributed by atoms with Crippen molar-refractivity contribution in [1.82, 2.24) is 0 Å². The van der Waals surface area contributed by atoms with Crippen LogP contribution in [0.1, 0.15) is 15.2 Å². The lowest BCUT2D eigenvalue weighted by atomic mass is 10.2. The molecule has 1 aromatic heterocycles. The zero-order valence-electron chi connectivity index (χ0n) is 7.32. The zero-order valence-corrected chi connectivity index (χ0v) is 8.89. The van der Waals surface area contributed by atoms with Crippen LogP contribution in [0.5, 0.6) is 0 Å². The zero-order chi connectivity index (χ0) is 10.7. The number of nitrogens with zero attached hydrogens (tertiary/aromatic N) is 2. The Bertz CT molecular complexity index is 411. The van der Waals surface area contributed by atoms with Gasteiger partial charge in [0.05, 0.1) is 16.1 Å². The first kappa shape index (κ1) is 10.9. The van der Waals surface area contributed by atoms with Gasteiger partial charge in [0, 0.05) is 12.4 Å². The highest BCUT2D eigenvalue weighted by molar-refractivity contribution is 7.15. The van der Waals surface area contributed by atoms with Crippen molar-refractivity contribution in [2.24, 2.45) is 9.98 Å². The van der Waals surface area contributed by atoms with Gasteiger partial charge in [0.2, 0.25) is 0 Å². The summed E-state index contributed by atoms with van der Waals surface area (Å²) in [6.07, 6.45) is 0. The molecule has 0 bridgehead atoms. The van der Waals surface area contributed by atoms with Crippen LogP contribution in [-0.2, 0) is 0 Å². The lowest BCUT2D eigenvalue weighted by Crippen LogP contribution is -1.95. The number of hydrogen-bond acceptors (Lipinski definition) is 4. The van der Waals surface area contributed by atoms with E-state index < -0.39 is 5.97 Å². The van der Waals surface area contributed by atoms with E-state index in [2.05, 4.69) is 16.7 Å². The quantitative estimate of drug-likeness (QED) is 0.811. The molecule has 0 saturated carbocycles. The van der Waals surface area contributed by atoms with E-state index in [9.17, 15) is 4.79 Å². The van der Waals surface area contributed by atoms with Gasteiger partial charge < -0.3 is 5.11 Å². The molecule has 0 spiro atoms. The van der Waals surface area contributed by atoms with Gasteiger partial charge in [0.1, 0.15) is 5.17 Å². The summed E-state index contributed by atoms with van der Waals surface area (Å²) in [5.74, 6) is -1.05. The van der Waals surface area contributed by atoms with Gasteiger partial charge >= 0.3 is 5.97 Å². The molecule has 74 valence electrons. The summed E-state index contributed by atoms with van der Waals surface area (Å²) in [7, 11) is 1.52. The number of aliphatic imine (C=N–C) groups is 2. The number of aromatic carboxylic acids is 1. The minimum Gasteiger partial charge on any atom is -0.478 e. The van der Waals surface area contributed by atoms with Crippen LogP contribution in [-0.4, -0.2) is 30.0 Å². The molecule has 0 amide bonds. The van der Waals surface area contributed by atoms with Gasteiger partial charge in [-0.2, -0.15) is 0 Å². The number of thiophene rings is 1. The van der Waals surface area contributed by atoms with Crippen molar-refractivity contribution in [2.45, 2.75) is 0 Å². The second-order valence-electron chi connectivity index (χ2n) is 2.30. The molecule has 0 aromatic carbocycles. The first-order valence-electron chi connectivity index (χ1n) is 3.56.